The Morgan fingerprint density at radius 1 is 0.667 bits per heavy atom. The molecule has 0 saturated carbocycles. The average molecular weight is 450 g/mol. The molecule has 0 saturated heterocycles. The van der Waals surface area contributed by atoms with Gasteiger partial charge in [-0.2, -0.15) is 0 Å². The van der Waals surface area contributed by atoms with Gasteiger partial charge in [0.2, 0.25) is 0 Å². The minimum absolute atomic E-state index is 0. The van der Waals surface area contributed by atoms with Crippen LogP contribution in [-0.2, 0) is 6.42 Å². The highest BCUT2D eigenvalue weighted by Crippen LogP contribution is 2.27. The fourth-order valence-corrected chi connectivity index (χ4v) is 2.92. The molecule has 1 aliphatic rings. The van der Waals surface area contributed by atoms with Gasteiger partial charge in [-0.1, -0.05) is 143 Å². The standard InChI is InChI=1S/C12H15N.C10H8.C5H12.2C2H6.CH4/c1-9(2)7-11-8-10-5-3-4-6-12(10)13-11;1-2-6-10-8-4-3-7-9(10)5-1;1-4-5(2)3;2*1-2;/h3-6,9H,7-8H2,1-2H3;1-8H;5H,4H2,1-3H3;2*1-2H3;1H4. The van der Waals surface area contributed by atoms with Crippen LogP contribution in [0.15, 0.2) is 77.8 Å². The third kappa shape index (κ3) is 13.7. The summed E-state index contributed by atoms with van der Waals surface area (Å²) in [7, 11) is 0. The molecule has 0 radical (unpaired) electrons. The third-order valence-electron chi connectivity index (χ3n) is 4.78. The van der Waals surface area contributed by atoms with Crippen LogP contribution >= 0.6 is 0 Å². The number of para-hydroxylation sites is 1. The van der Waals surface area contributed by atoms with Gasteiger partial charge in [0.15, 0.2) is 0 Å². The van der Waals surface area contributed by atoms with E-state index in [-0.39, 0.29) is 7.43 Å². The Kier molecular flexibility index (Phi) is 20.1. The van der Waals surface area contributed by atoms with Gasteiger partial charge in [-0.3, -0.25) is 4.99 Å². The molecule has 1 nitrogen and oxygen atoms in total. The van der Waals surface area contributed by atoms with Gasteiger partial charge in [0.05, 0.1) is 5.69 Å². The second kappa shape index (κ2) is 20.2. The van der Waals surface area contributed by atoms with E-state index in [2.05, 4.69) is 112 Å². The van der Waals surface area contributed by atoms with E-state index < -0.39 is 0 Å². The summed E-state index contributed by atoms with van der Waals surface area (Å²) in [5, 5.41) is 2.62. The van der Waals surface area contributed by atoms with Crippen molar-refractivity contribution in [3.63, 3.8) is 0 Å². The molecule has 3 aromatic carbocycles. The summed E-state index contributed by atoms with van der Waals surface area (Å²) in [6.07, 6.45) is 3.50. The highest BCUT2D eigenvalue weighted by molar-refractivity contribution is 5.94. The van der Waals surface area contributed by atoms with Crippen molar-refractivity contribution < 1.29 is 0 Å². The van der Waals surface area contributed by atoms with E-state index in [9.17, 15) is 0 Å². The van der Waals surface area contributed by atoms with Crippen molar-refractivity contribution in [1.29, 1.82) is 0 Å². The van der Waals surface area contributed by atoms with Crippen LogP contribution in [0.2, 0.25) is 0 Å². The van der Waals surface area contributed by atoms with Gasteiger partial charge >= 0.3 is 0 Å². The van der Waals surface area contributed by atoms with Crippen molar-refractivity contribution >= 4 is 22.2 Å². The molecule has 33 heavy (non-hydrogen) atoms. The molecule has 1 heteroatoms. The van der Waals surface area contributed by atoms with Gasteiger partial charge in [0.1, 0.15) is 0 Å². The van der Waals surface area contributed by atoms with Gasteiger partial charge in [0.25, 0.3) is 0 Å². The molecule has 0 fully saturated rings. The number of nitrogens with zero attached hydrogens (tertiary/aromatic N) is 1. The van der Waals surface area contributed by atoms with Crippen LogP contribution in [0.3, 0.4) is 0 Å². The Morgan fingerprint density at radius 3 is 1.42 bits per heavy atom. The van der Waals surface area contributed by atoms with Crippen molar-refractivity contribution in [2.45, 2.75) is 89.0 Å². The SMILES string of the molecule is C.CC.CC.CC(C)CC1=Nc2ccccc2C1.CCC(C)C.c1ccc2ccccc2c1. The summed E-state index contributed by atoms with van der Waals surface area (Å²) < 4.78 is 0. The predicted molar refractivity (Wildman–Crippen MR) is 155 cm³/mol. The van der Waals surface area contributed by atoms with Crippen LogP contribution < -0.4 is 0 Å². The second-order valence-electron chi connectivity index (χ2n) is 8.23. The van der Waals surface area contributed by atoms with E-state index in [0.717, 1.165) is 18.8 Å². The maximum Gasteiger partial charge on any atom is 0.0664 e. The lowest BCUT2D eigenvalue weighted by Gasteiger charge is -2.02. The maximum atomic E-state index is 4.61. The highest BCUT2D eigenvalue weighted by Gasteiger charge is 2.13. The lowest BCUT2D eigenvalue weighted by Crippen LogP contribution is -2.02. The van der Waals surface area contributed by atoms with Gasteiger partial charge < -0.3 is 0 Å². The highest BCUT2D eigenvalue weighted by atomic mass is 14.8. The Hall–Kier alpha value is -2.41. The van der Waals surface area contributed by atoms with Crippen LogP contribution in [0.4, 0.5) is 5.69 Å². The second-order valence-corrected chi connectivity index (χ2v) is 8.23. The quantitative estimate of drug-likeness (QED) is 0.377. The summed E-state index contributed by atoms with van der Waals surface area (Å²) in [6.45, 7) is 19.1. The summed E-state index contributed by atoms with van der Waals surface area (Å²) >= 11 is 0. The number of aliphatic imine (C=N–C) groups is 1. The van der Waals surface area contributed by atoms with E-state index in [4.69, 9.17) is 0 Å². The Bertz CT molecular complexity index is 809. The molecule has 4 rings (SSSR count). The lowest BCUT2D eigenvalue weighted by atomic mass is 10.0. The van der Waals surface area contributed by atoms with E-state index in [0.29, 0.717) is 5.92 Å². The van der Waals surface area contributed by atoms with Crippen LogP contribution in [0.25, 0.3) is 10.8 Å². The zero-order valence-corrected chi connectivity index (χ0v) is 22.2. The first-order chi connectivity index (χ1) is 15.5. The molecule has 1 aliphatic heterocycles. The molecule has 0 amide bonds. The van der Waals surface area contributed by atoms with E-state index in [1.807, 2.05) is 27.7 Å². The molecule has 1 heterocycles. The maximum absolute atomic E-state index is 4.61. The lowest BCUT2D eigenvalue weighted by molar-refractivity contribution is 0.626. The molecule has 0 aromatic heterocycles. The van der Waals surface area contributed by atoms with Crippen LogP contribution in [0, 0.1) is 11.8 Å². The van der Waals surface area contributed by atoms with E-state index in [1.54, 1.807) is 0 Å². The average Bonchev–Trinajstić information content (AvgIpc) is 3.24. The number of hydrogen-bond donors (Lipinski definition) is 0. The monoisotopic (exact) mass is 449 g/mol. The first-order valence-electron chi connectivity index (χ1n) is 12.6. The molecule has 0 unspecified atom stereocenters. The summed E-state index contributed by atoms with van der Waals surface area (Å²) in [6, 6.07) is 25.1. The Morgan fingerprint density at radius 2 is 1.06 bits per heavy atom. The fraction of sp³-hybridized carbons (Fsp3) is 0.469. The van der Waals surface area contributed by atoms with Crippen molar-refractivity contribution in [2.24, 2.45) is 16.8 Å². The zero-order chi connectivity index (χ0) is 24.4. The van der Waals surface area contributed by atoms with Crippen LogP contribution in [0.1, 0.15) is 88.1 Å². The van der Waals surface area contributed by atoms with Crippen molar-refractivity contribution in [3.05, 3.63) is 78.4 Å². The first kappa shape index (κ1) is 32.8. The predicted octanol–water partition coefficient (Wildman–Crippen LogP) is 10.9. The normalized spacial score (nSPS) is 10.6. The van der Waals surface area contributed by atoms with Crippen LogP contribution in [0.5, 0.6) is 0 Å². The fourth-order valence-electron chi connectivity index (χ4n) is 2.92. The first-order valence-corrected chi connectivity index (χ1v) is 12.6. The minimum Gasteiger partial charge on any atom is -0.257 e. The van der Waals surface area contributed by atoms with E-state index in [1.165, 1.54) is 34.2 Å². The molecule has 0 atom stereocenters. The molecular formula is C32H51N. The summed E-state index contributed by atoms with van der Waals surface area (Å²) in [4.78, 5) is 4.61. The van der Waals surface area contributed by atoms with Crippen molar-refractivity contribution in [3.8, 4) is 0 Å². The largest absolute Gasteiger partial charge is 0.257 e. The molecule has 184 valence electrons. The summed E-state index contributed by atoms with van der Waals surface area (Å²) in [5.74, 6) is 1.60. The molecule has 0 aliphatic carbocycles. The van der Waals surface area contributed by atoms with Crippen LogP contribution in [-0.4, -0.2) is 5.71 Å². The molecule has 3 aromatic rings. The third-order valence-corrected chi connectivity index (χ3v) is 4.78. The number of rotatable bonds is 3. The Labute approximate surface area is 206 Å². The summed E-state index contributed by atoms with van der Waals surface area (Å²) in [5.41, 5.74) is 3.91. The zero-order valence-electron chi connectivity index (χ0n) is 22.2. The molecular weight excluding hydrogens is 398 g/mol. The minimum atomic E-state index is 0. The van der Waals surface area contributed by atoms with Gasteiger partial charge in [-0.15, -0.1) is 0 Å². The van der Waals surface area contributed by atoms with Gasteiger partial charge in [0, 0.05) is 12.1 Å². The van der Waals surface area contributed by atoms with Crippen molar-refractivity contribution in [2.75, 3.05) is 0 Å². The molecule has 0 spiro atoms. The van der Waals surface area contributed by atoms with Gasteiger partial charge in [-0.25, -0.2) is 0 Å². The number of hydrogen-bond acceptors (Lipinski definition) is 1. The number of benzene rings is 3. The van der Waals surface area contributed by atoms with Crippen molar-refractivity contribution in [1.82, 2.24) is 0 Å². The molecule has 0 N–H and O–H groups in total. The molecule has 0 bridgehead atoms. The Balaban J connectivity index is 0. The van der Waals surface area contributed by atoms with Gasteiger partial charge in [-0.05, 0) is 40.7 Å². The van der Waals surface area contributed by atoms with E-state index >= 15 is 0 Å². The smallest absolute Gasteiger partial charge is 0.0664 e. The number of fused-ring (bicyclic) bond motifs is 2. The topological polar surface area (TPSA) is 12.4 Å².